The number of hydrogen-bond acceptors (Lipinski definition) is 2. The second-order valence-electron chi connectivity index (χ2n) is 3.02. The number of halogens is 3. The van der Waals surface area contributed by atoms with Crippen molar-refractivity contribution in [1.29, 1.82) is 0 Å². The summed E-state index contributed by atoms with van der Waals surface area (Å²) in [7, 11) is 1.11. The van der Waals surface area contributed by atoms with Crippen LogP contribution in [0, 0.1) is 5.92 Å². The number of hydrogen-bond donors (Lipinski definition) is 1. The average molecular weight is 198 g/mol. The molecule has 0 aromatic heterocycles. The largest absolute Gasteiger partial charge is 0.471 e. The SMILES string of the molecule is CC(CN)CN(C)C(=O)C(F)(F)F. The molecule has 3 nitrogen and oxygen atoms in total. The fourth-order valence-electron chi connectivity index (χ4n) is 0.841. The van der Waals surface area contributed by atoms with Gasteiger partial charge in [0.1, 0.15) is 0 Å². The number of nitrogens with zero attached hydrogens (tertiary/aromatic N) is 1. The molecule has 0 aromatic rings. The molecule has 1 atom stereocenters. The Hall–Kier alpha value is -0.780. The van der Waals surface area contributed by atoms with E-state index in [0.717, 1.165) is 7.05 Å². The molecule has 6 heteroatoms. The first-order chi connectivity index (χ1) is 5.79. The highest BCUT2D eigenvalue weighted by Gasteiger charge is 2.41. The molecule has 0 saturated heterocycles. The van der Waals surface area contributed by atoms with Gasteiger partial charge in [-0.3, -0.25) is 4.79 Å². The third-order valence-electron chi connectivity index (χ3n) is 1.58. The number of alkyl halides is 3. The Labute approximate surface area is 74.7 Å². The van der Waals surface area contributed by atoms with Crippen LogP contribution in [-0.4, -0.2) is 37.1 Å². The molecule has 0 bridgehead atoms. The van der Waals surface area contributed by atoms with Gasteiger partial charge in [-0.15, -0.1) is 0 Å². The van der Waals surface area contributed by atoms with E-state index in [1.165, 1.54) is 0 Å². The van der Waals surface area contributed by atoms with E-state index in [1.807, 2.05) is 0 Å². The Kier molecular flexibility index (Phi) is 4.19. The number of rotatable bonds is 3. The molecule has 78 valence electrons. The third-order valence-corrected chi connectivity index (χ3v) is 1.58. The first kappa shape index (κ1) is 12.2. The van der Waals surface area contributed by atoms with Crippen molar-refractivity contribution in [2.24, 2.45) is 11.7 Å². The smallest absolute Gasteiger partial charge is 0.338 e. The molecular weight excluding hydrogens is 185 g/mol. The van der Waals surface area contributed by atoms with Crippen molar-refractivity contribution >= 4 is 5.91 Å². The summed E-state index contributed by atoms with van der Waals surface area (Å²) in [5.74, 6) is -1.95. The van der Waals surface area contributed by atoms with Gasteiger partial charge in [-0.1, -0.05) is 6.92 Å². The Morgan fingerprint density at radius 1 is 1.54 bits per heavy atom. The molecule has 0 fully saturated rings. The summed E-state index contributed by atoms with van der Waals surface area (Å²) in [6.45, 7) is 1.96. The van der Waals surface area contributed by atoms with Crippen molar-refractivity contribution in [3.63, 3.8) is 0 Å². The fourth-order valence-corrected chi connectivity index (χ4v) is 0.841. The minimum Gasteiger partial charge on any atom is -0.338 e. The predicted molar refractivity (Wildman–Crippen MR) is 41.9 cm³/mol. The topological polar surface area (TPSA) is 46.3 Å². The molecule has 0 heterocycles. The van der Waals surface area contributed by atoms with Crippen LogP contribution < -0.4 is 5.73 Å². The van der Waals surface area contributed by atoms with Crippen LogP contribution >= 0.6 is 0 Å². The first-order valence-electron chi connectivity index (χ1n) is 3.81. The molecule has 0 aliphatic carbocycles. The van der Waals surface area contributed by atoms with Gasteiger partial charge in [0.15, 0.2) is 0 Å². The second-order valence-corrected chi connectivity index (χ2v) is 3.02. The molecule has 13 heavy (non-hydrogen) atoms. The van der Waals surface area contributed by atoms with Crippen molar-refractivity contribution in [2.75, 3.05) is 20.1 Å². The van der Waals surface area contributed by atoms with Gasteiger partial charge >= 0.3 is 12.1 Å². The molecule has 0 rings (SSSR count). The average Bonchev–Trinajstić information content (AvgIpc) is 2.01. The number of nitrogens with two attached hydrogens (primary N) is 1. The van der Waals surface area contributed by atoms with E-state index in [4.69, 9.17) is 5.73 Å². The van der Waals surface area contributed by atoms with E-state index in [9.17, 15) is 18.0 Å². The maximum absolute atomic E-state index is 11.8. The van der Waals surface area contributed by atoms with Gasteiger partial charge in [0.05, 0.1) is 0 Å². The standard InChI is InChI=1S/C7H13F3N2O/c1-5(3-11)4-12(2)6(13)7(8,9)10/h5H,3-4,11H2,1-2H3. The van der Waals surface area contributed by atoms with Crippen LogP contribution in [0.15, 0.2) is 0 Å². The monoisotopic (exact) mass is 198 g/mol. The minimum atomic E-state index is -4.79. The molecule has 1 unspecified atom stereocenters. The summed E-state index contributed by atoms with van der Waals surface area (Å²) in [4.78, 5) is 11.2. The van der Waals surface area contributed by atoms with Crippen LogP contribution in [0.3, 0.4) is 0 Å². The Balaban J connectivity index is 4.12. The van der Waals surface area contributed by atoms with Crippen LogP contribution in [0.1, 0.15) is 6.92 Å². The maximum Gasteiger partial charge on any atom is 0.471 e. The highest BCUT2D eigenvalue weighted by Crippen LogP contribution is 2.17. The second kappa shape index (κ2) is 4.45. The zero-order valence-electron chi connectivity index (χ0n) is 7.56. The predicted octanol–water partition coefficient (Wildman–Crippen LogP) is 0.602. The van der Waals surface area contributed by atoms with Crippen molar-refractivity contribution < 1.29 is 18.0 Å². The van der Waals surface area contributed by atoms with Crippen LogP contribution in [0.5, 0.6) is 0 Å². The molecule has 0 aliphatic rings. The van der Waals surface area contributed by atoms with Gasteiger partial charge in [0.2, 0.25) is 0 Å². The van der Waals surface area contributed by atoms with Crippen LogP contribution in [-0.2, 0) is 4.79 Å². The van der Waals surface area contributed by atoms with Gasteiger partial charge in [0.25, 0.3) is 0 Å². The highest BCUT2D eigenvalue weighted by molar-refractivity contribution is 5.81. The first-order valence-corrected chi connectivity index (χ1v) is 3.81. The summed E-state index contributed by atoms with van der Waals surface area (Å²) in [5, 5.41) is 0. The zero-order chi connectivity index (χ0) is 10.6. The van der Waals surface area contributed by atoms with E-state index >= 15 is 0 Å². The lowest BCUT2D eigenvalue weighted by molar-refractivity contribution is -0.184. The molecule has 0 aliphatic heterocycles. The minimum absolute atomic E-state index is 0.0227. The lowest BCUT2D eigenvalue weighted by atomic mass is 10.2. The summed E-state index contributed by atoms with van der Waals surface area (Å²) in [6.07, 6.45) is -4.79. The van der Waals surface area contributed by atoms with Crippen molar-refractivity contribution in [3.8, 4) is 0 Å². The lowest BCUT2D eigenvalue weighted by Crippen LogP contribution is -2.41. The molecule has 2 N–H and O–H groups in total. The van der Waals surface area contributed by atoms with Crippen molar-refractivity contribution in [1.82, 2.24) is 4.90 Å². The molecule has 1 amide bonds. The zero-order valence-corrected chi connectivity index (χ0v) is 7.56. The lowest BCUT2D eigenvalue weighted by Gasteiger charge is -2.21. The van der Waals surface area contributed by atoms with E-state index < -0.39 is 12.1 Å². The van der Waals surface area contributed by atoms with Crippen LogP contribution in [0.25, 0.3) is 0 Å². The van der Waals surface area contributed by atoms with Gasteiger partial charge in [-0.2, -0.15) is 13.2 Å². The number of amides is 1. The molecule has 0 radical (unpaired) electrons. The van der Waals surface area contributed by atoms with Crippen LogP contribution in [0.4, 0.5) is 13.2 Å². The molecule has 0 saturated carbocycles. The summed E-state index contributed by atoms with van der Waals surface area (Å²) >= 11 is 0. The fraction of sp³-hybridized carbons (Fsp3) is 0.857. The van der Waals surface area contributed by atoms with E-state index in [0.29, 0.717) is 4.90 Å². The number of carbonyl (C=O) groups excluding carboxylic acids is 1. The van der Waals surface area contributed by atoms with Gasteiger partial charge < -0.3 is 10.6 Å². The highest BCUT2D eigenvalue weighted by atomic mass is 19.4. The van der Waals surface area contributed by atoms with Crippen LogP contribution in [0.2, 0.25) is 0 Å². The maximum atomic E-state index is 11.8. The summed E-state index contributed by atoms with van der Waals surface area (Å²) < 4.78 is 35.5. The Morgan fingerprint density at radius 2 is 2.00 bits per heavy atom. The third kappa shape index (κ3) is 4.12. The van der Waals surface area contributed by atoms with E-state index in [1.54, 1.807) is 6.92 Å². The Morgan fingerprint density at radius 3 is 2.31 bits per heavy atom. The van der Waals surface area contributed by atoms with Gasteiger partial charge in [0, 0.05) is 13.6 Å². The van der Waals surface area contributed by atoms with E-state index in [2.05, 4.69) is 0 Å². The van der Waals surface area contributed by atoms with E-state index in [-0.39, 0.29) is 19.0 Å². The summed E-state index contributed by atoms with van der Waals surface area (Å²) in [6, 6.07) is 0. The van der Waals surface area contributed by atoms with Gasteiger partial charge in [-0.25, -0.2) is 0 Å². The molecular formula is C7H13F3N2O. The molecule has 0 aromatic carbocycles. The molecule has 0 spiro atoms. The number of carbonyl (C=O) groups is 1. The Bertz CT molecular complexity index is 181. The summed E-state index contributed by atoms with van der Waals surface area (Å²) in [5.41, 5.74) is 5.21. The van der Waals surface area contributed by atoms with Crippen molar-refractivity contribution in [3.05, 3.63) is 0 Å². The quantitative estimate of drug-likeness (QED) is 0.721. The van der Waals surface area contributed by atoms with Gasteiger partial charge in [-0.05, 0) is 12.5 Å². The normalized spacial score (nSPS) is 14.0. The van der Waals surface area contributed by atoms with Crippen molar-refractivity contribution in [2.45, 2.75) is 13.1 Å².